The van der Waals surface area contributed by atoms with Gasteiger partial charge in [-0.15, -0.1) is 0 Å². The Morgan fingerprint density at radius 2 is 1.80 bits per heavy atom. The first-order valence-electron chi connectivity index (χ1n) is 9.59. The lowest BCUT2D eigenvalue weighted by molar-refractivity contribution is 0.0500. The maximum atomic E-state index is 12.2. The molecular weight excluding hydrogens is 386 g/mol. The molecule has 0 aliphatic carbocycles. The Hall–Kier alpha value is -3.55. The van der Waals surface area contributed by atoms with Crippen molar-refractivity contribution in [3.8, 4) is 5.75 Å². The van der Waals surface area contributed by atoms with Crippen molar-refractivity contribution in [2.75, 3.05) is 0 Å². The molecule has 0 radical (unpaired) electrons. The van der Waals surface area contributed by atoms with E-state index in [4.69, 9.17) is 9.47 Å². The zero-order valence-electron chi connectivity index (χ0n) is 17.2. The number of hydrogen-bond acceptors (Lipinski definition) is 6. The number of ether oxygens (including phenoxy) is 2. The lowest BCUT2D eigenvalue weighted by atomic mass is 10.1. The van der Waals surface area contributed by atoms with Gasteiger partial charge in [-0.1, -0.05) is 47.6 Å². The molecule has 0 spiro atoms. The molecule has 0 fully saturated rings. The molecule has 2 N–H and O–H groups in total. The predicted molar refractivity (Wildman–Crippen MR) is 110 cm³/mol. The molecule has 1 heterocycles. The largest absolute Gasteiger partial charge is 0.489 e. The van der Waals surface area contributed by atoms with Gasteiger partial charge >= 0.3 is 11.8 Å². The van der Waals surface area contributed by atoms with Crippen molar-refractivity contribution < 1.29 is 18.8 Å². The van der Waals surface area contributed by atoms with Crippen LogP contribution in [0.25, 0.3) is 0 Å². The third-order valence-corrected chi connectivity index (χ3v) is 4.09. The standard InChI is InChI=1S/C22H25N3O5/c1-22(2,3)29-20(26)23-18(19-24-21(27)30-25-19)13-15-9-11-17(12-10-15)28-14-16-7-5-4-6-8-16/h4-12,18H,13-14H2,1-3H3,(H,23,26)(H,24,25,27). The fourth-order valence-electron chi connectivity index (χ4n) is 2.76. The molecule has 8 nitrogen and oxygen atoms in total. The number of aromatic amines is 1. The van der Waals surface area contributed by atoms with Crippen LogP contribution in [0.2, 0.25) is 0 Å². The Labute approximate surface area is 174 Å². The van der Waals surface area contributed by atoms with E-state index in [2.05, 4.69) is 20.0 Å². The molecule has 8 heteroatoms. The first kappa shape index (κ1) is 21.2. The Morgan fingerprint density at radius 3 is 2.40 bits per heavy atom. The summed E-state index contributed by atoms with van der Waals surface area (Å²) in [6.45, 7) is 5.79. The van der Waals surface area contributed by atoms with Gasteiger partial charge in [0.05, 0.1) is 6.04 Å². The lowest BCUT2D eigenvalue weighted by Gasteiger charge is -2.22. The first-order chi connectivity index (χ1) is 14.3. The molecule has 0 aliphatic rings. The number of aromatic nitrogens is 2. The van der Waals surface area contributed by atoms with E-state index in [0.29, 0.717) is 13.0 Å². The van der Waals surface area contributed by atoms with Crippen molar-refractivity contribution >= 4 is 6.09 Å². The molecular formula is C22H25N3O5. The molecule has 1 aromatic heterocycles. The third kappa shape index (κ3) is 6.51. The van der Waals surface area contributed by atoms with Crippen LogP contribution in [0.5, 0.6) is 5.75 Å². The first-order valence-corrected chi connectivity index (χ1v) is 9.59. The molecule has 1 atom stereocenters. The van der Waals surface area contributed by atoms with Crippen molar-refractivity contribution in [2.45, 2.75) is 45.4 Å². The minimum Gasteiger partial charge on any atom is -0.489 e. The fraction of sp³-hybridized carbons (Fsp3) is 0.318. The van der Waals surface area contributed by atoms with Crippen LogP contribution in [0.4, 0.5) is 4.79 Å². The molecule has 1 unspecified atom stereocenters. The number of benzene rings is 2. The van der Waals surface area contributed by atoms with Crippen molar-refractivity contribution in [2.24, 2.45) is 0 Å². The number of nitrogens with zero attached hydrogens (tertiary/aromatic N) is 1. The number of carbonyl (C=O) groups excluding carboxylic acids is 1. The second-order valence-corrected chi connectivity index (χ2v) is 7.80. The highest BCUT2D eigenvalue weighted by Crippen LogP contribution is 2.20. The molecule has 158 valence electrons. The Morgan fingerprint density at radius 1 is 1.10 bits per heavy atom. The van der Waals surface area contributed by atoms with Gasteiger partial charge in [-0.05, 0) is 44.0 Å². The van der Waals surface area contributed by atoms with Crippen LogP contribution < -0.4 is 15.8 Å². The molecule has 2 aromatic carbocycles. The van der Waals surface area contributed by atoms with Gasteiger partial charge in [0.1, 0.15) is 18.0 Å². The van der Waals surface area contributed by atoms with E-state index in [0.717, 1.165) is 16.9 Å². The van der Waals surface area contributed by atoms with Gasteiger partial charge in [-0.25, -0.2) is 9.59 Å². The quantitative estimate of drug-likeness (QED) is 0.613. The summed E-state index contributed by atoms with van der Waals surface area (Å²) < 4.78 is 15.7. The number of H-pyrrole nitrogens is 1. The highest BCUT2D eigenvalue weighted by Gasteiger charge is 2.23. The molecule has 1 amide bonds. The van der Waals surface area contributed by atoms with Gasteiger partial charge in [0.2, 0.25) is 0 Å². The predicted octanol–water partition coefficient (Wildman–Crippen LogP) is 3.75. The Kier molecular flexibility index (Phi) is 6.56. The zero-order chi connectivity index (χ0) is 21.6. The van der Waals surface area contributed by atoms with E-state index in [9.17, 15) is 9.59 Å². The number of amides is 1. The van der Waals surface area contributed by atoms with Gasteiger partial charge in [-0.3, -0.25) is 9.51 Å². The highest BCUT2D eigenvalue weighted by molar-refractivity contribution is 5.68. The van der Waals surface area contributed by atoms with Crippen LogP contribution >= 0.6 is 0 Å². The topological polar surface area (TPSA) is 106 Å². The van der Waals surface area contributed by atoms with Crippen molar-refractivity contribution in [3.63, 3.8) is 0 Å². The van der Waals surface area contributed by atoms with E-state index < -0.39 is 23.5 Å². The summed E-state index contributed by atoms with van der Waals surface area (Å²) in [6.07, 6.45) is -0.236. The van der Waals surface area contributed by atoms with Crippen LogP contribution in [-0.2, 0) is 17.8 Å². The van der Waals surface area contributed by atoms with Crippen LogP contribution in [0.15, 0.2) is 63.9 Å². The maximum Gasteiger partial charge on any atom is 0.438 e. The summed E-state index contributed by atoms with van der Waals surface area (Å²) in [5.74, 6) is 0.259. The van der Waals surface area contributed by atoms with Crippen LogP contribution in [0, 0.1) is 0 Å². The lowest BCUT2D eigenvalue weighted by Crippen LogP contribution is -2.36. The van der Waals surface area contributed by atoms with Crippen molar-refractivity contribution in [3.05, 3.63) is 82.1 Å². The smallest absolute Gasteiger partial charge is 0.438 e. The fourth-order valence-corrected chi connectivity index (χ4v) is 2.76. The average Bonchev–Trinajstić information content (AvgIpc) is 3.13. The van der Waals surface area contributed by atoms with Gasteiger partial charge in [0.15, 0.2) is 5.82 Å². The van der Waals surface area contributed by atoms with E-state index in [-0.39, 0.29) is 5.82 Å². The highest BCUT2D eigenvalue weighted by atomic mass is 16.6. The van der Waals surface area contributed by atoms with Gasteiger partial charge in [-0.2, -0.15) is 0 Å². The Bertz CT molecular complexity index is 1000. The van der Waals surface area contributed by atoms with Crippen LogP contribution in [0.3, 0.4) is 0 Å². The SMILES string of the molecule is CC(C)(C)OC(=O)NC(Cc1ccc(OCc2ccccc2)cc1)c1noc(=O)[nH]1. The monoisotopic (exact) mass is 411 g/mol. The molecule has 0 bridgehead atoms. The van der Waals surface area contributed by atoms with E-state index in [1.165, 1.54) is 0 Å². The van der Waals surface area contributed by atoms with E-state index in [1.807, 2.05) is 54.6 Å². The summed E-state index contributed by atoms with van der Waals surface area (Å²) >= 11 is 0. The van der Waals surface area contributed by atoms with E-state index in [1.54, 1.807) is 20.8 Å². The maximum absolute atomic E-state index is 12.2. The van der Waals surface area contributed by atoms with Crippen LogP contribution in [0.1, 0.15) is 43.8 Å². The minimum absolute atomic E-state index is 0.218. The summed E-state index contributed by atoms with van der Waals surface area (Å²) in [5, 5.41) is 6.43. The van der Waals surface area contributed by atoms with Gasteiger partial charge in [0, 0.05) is 6.42 Å². The second kappa shape index (κ2) is 9.30. The molecule has 0 saturated carbocycles. The number of rotatable bonds is 7. The molecule has 3 rings (SSSR count). The number of nitrogens with one attached hydrogen (secondary N) is 2. The minimum atomic E-state index is -0.689. The van der Waals surface area contributed by atoms with Gasteiger partial charge in [0.25, 0.3) is 0 Å². The molecule has 3 aromatic rings. The molecule has 0 saturated heterocycles. The third-order valence-electron chi connectivity index (χ3n) is 4.09. The number of hydrogen-bond donors (Lipinski definition) is 2. The summed E-state index contributed by atoms with van der Waals surface area (Å²) in [6, 6.07) is 16.8. The second-order valence-electron chi connectivity index (χ2n) is 7.80. The van der Waals surface area contributed by atoms with Gasteiger partial charge < -0.3 is 14.8 Å². The number of carbonyl (C=O) groups is 1. The van der Waals surface area contributed by atoms with Crippen molar-refractivity contribution in [1.82, 2.24) is 15.5 Å². The summed E-state index contributed by atoms with van der Waals surface area (Å²) in [4.78, 5) is 26.0. The van der Waals surface area contributed by atoms with Crippen LogP contribution in [-0.4, -0.2) is 21.8 Å². The van der Waals surface area contributed by atoms with Crippen molar-refractivity contribution in [1.29, 1.82) is 0 Å². The average molecular weight is 411 g/mol. The summed E-state index contributed by atoms with van der Waals surface area (Å²) in [5.41, 5.74) is 1.34. The molecule has 30 heavy (non-hydrogen) atoms. The summed E-state index contributed by atoms with van der Waals surface area (Å²) in [7, 11) is 0. The number of alkyl carbamates (subject to hydrolysis) is 1. The zero-order valence-corrected chi connectivity index (χ0v) is 17.2. The normalized spacial score (nSPS) is 12.2. The van der Waals surface area contributed by atoms with E-state index >= 15 is 0 Å². The molecule has 0 aliphatic heterocycles. The Balaban J connectivity index is 1.66.